The minimum atomic E-state index is -4.19. The molecular weight excluding hydrogens is 626 g/mol. The molecule has 2 aromatic rings. The number of hydrogen-bond acceptors (Lipinski definition) is 13. The van der Waals surface area contributed by atoms with Gasteiger partial charge < -0.3 is 36.8 Å². The lowest BCUT2D eigenvalue weighted by atomic mass is 10.0. The van der Waals surface area contributed by atoms with Gasteiger partial charge in [-0.1, -0.05) is 27.2 Å². The highest BCUT2D eigenvalue weighted by Crippen LogP contribution is 2.33. The average Bonchev–Trinajstić information content (AvgIpc) is 3.76. The van der Waals surface area contributed by atoms with Crippen molar-refractivity contribution in [1.29, 1.82) is 0 Å². The predicted octanol–water partition coefficient (Wildman–Crippen LogP) is -0.981. The number of anilines is 1. The Labute approximate surface area is 267 Å². The summed E-state index contributed by atoms with van der Waals surface area (Å²) in [5.74, 6) is 0.382. The quantitative estimate of drug-likeness (QED) is 0.100. The zero-order valence-corrected chi connectivity index (χ0v) is 27.4. The molecule has 3 aliphatic rings. The van der Waals surface area contributed by atoms with Crippen LogP contribution in [0.2, 0.25) is 0 Å². The number of nitrogens with one attached hydrogen (secondary N) is 4. The summed E-state index contributed by atoms with van der Waals surface area (Å²) in [5.41, 5.74) is 12.6. The molecular formula is C26H45N11O6S2. The van der Waals surface area contributed by atoms with Crippen LogP contribution in [-0.2, 0) is 19.7 Å². The molecule has 0 radical (unpaired) electrons. The normalized spacial score (nSPS) is 27.6. The second kappa shape index (κ2) is 15.7. The van der Waals surface area contributed by atoms with Gasteiger partial charge in [0.05, 0.1) is 24.5 Å². The molecule has 252 valence electrons. The monoisotopic (exact) mass is 671 g/mol. The average molecular weight is 672 g/mol. The maximum atomic E-state index is 12.4. The molecule has 2 aromatic heterocycles. The van der Waals surface area contributed by atoms with Gasteiger partial charge in [-0.2, -0.15) is 24.9 Å². The fourth-order valence-electron chi connectivity index (χ4n) is 5.62. The molecule has 17 nitrogen and oxygen atoms in total. The van der Waals surface area contributed by atoms with E-state index in [-0.39, 0.29) is 42.1 Å². The molecule has 3 aliphatic heterocycles. The van der Waals surface area contributed by atoms with E-state index in [1.807, 2.05) is 4.72 Å². The van der Waals surface area contributed by atoms with E-state index >= 15 is 0 Å². The number of nitrogens with zero attached hydrogens (tertiary/aromatic N) is 5. The molecule has 3 fully saturated rings. The number of nitrogen functional groups attached to an aromatic ring is 1. The number of amides is 3. The number of hydrogen-bond donors (Lipinski definition) is 7. The lowest BCUT2D eigenvalue weighted by molar-refractivity contribution is -0.119. The molecule has 7 atom stereocenters. The van der Waals surface area contributed by atoms with E-state index in [1.54, 1.807) is 11.8 Å². The summed E-state index contributed by atoms with van der Waals surface area (Å²) in [7, 11) is -4.19. The van der Waals surface area contributed by atoms with Crippen molar-refractivity contribution < 1.29 is 27.9 Å². The van der Waals surface area contributed by atoms with Crippen molar-refractivity contribution in [3.8, 4) is 0 Å². The van der Waals surface area contributed by atoms with Gasteiger partial charge in [0.15, 0.2) is 17.7 Å². The lowest BCUT2D eigenvalue weighted by Gasteiger charge is -2.17. The maximum absolute atomic E-state index is 12.4. The number of aromatic nitrogens is 4. The van der Waals surface area contributed by atoms with Crippen molar-refractivity contribution in [3.63, 3.8) is 0 Å². The summed E-state index contributed by atoms with van der Waals surface area (Å²) in [5, 5.41) is 16.6. The number of nitrogens with two attached hydrogens (primary N) is 2. The largest absolute Gasteiger partial charge is 0.389 e. The fourth-order valence-corrected chi connectivity index (χ4v) is 8.02. The Morgan fingerprint density at radius 3 is 2.62 bits per heavy atom. The van der Waals surface area contributed by atoms with Crippen molar-refractivity contribution in [1.82, 2.24) is 44.5 Å². The van der Waals surface area contributed by atoms with E-state index in [1.165, 1.54) is 36.9 Å². The van der Waals surface area contributed by atoms with Crippen molar-refractivity contribution in [3.05, 3.63) is 12.7 Å². The lowest BCUT2D eigenvalue weighted by Crippen LogP contribution is -2.46. The van der Waals surface area contributed by atoms with Crippen LogP contribution in [0.1, 0.15) is 52.7 Å². The van der Waals surface area contributed by atoms with Crippen LogP contribution in [0, 0.1) is 0 Å². The van der Waals surface area contributed by atoms with Crippen LogP contribution < -0.4 is 31.5 Å². The molecule has 0 spiro atoms. The van der Waals surface area contributed by atoms with Crippen molar-refractivity contribution >= 4 is 50.9 Å². The summed E-state index contributed by atoms with van der Waals surface area (Å²) in [4.78, 5) is 38.2. The van der Waals surface area contributed by atoms with Crippen LogP contribution >= 0.6 is 11.8 Å². The van der Waals surface area contributed by atoms with Crippen LogP contribution in [0.25, 0.3) is 11.2 Å². The van der Waals surface area contributed by atoms with Gasteiger partial charge in [-0.3, -0.25) is 9.36 Å². The predicted molar refractivity (Wildman–Crippen MR) is 170 cm³/mol. The molecule has 0 unspecified atom stereocenters. The van der Waals surface area contributed by atoms with Gasteiger partial charge >= 0.3 is 16.2 Å². The molecule has 5 heterocycles. The maximum Gasteiger partial charge on any atom is 0.315 e. The van der Waals surface area contributed by atoms with Crippen LogP contribution in [-0.4, -0.2) is 117 Å². The van der Waals surface area contributed by atoms with Gasteiger partial charge in [0.25, 0.3) is 0 Å². The summed E-state index contributed by atoms with van der Waals surface area (Å²) in [6.45, 7) is 9.80. The minimum absolute atomic E-state index is 0.0329. The first-order chi connectivity index (χ1) is 21.5. The smallest absolute Gasteiger partial charge is 0.315 e. The Morgan fingerprint density at radius 1 is 1.20 bits per heavy atom. The van der Waals surface area contributed by atoms with Gasteiger partial charge in [0, 0.05) is 24.0 Å². The van der Waals surface area contributed by atoms with Crippen molar-refractivity contribution in [2.24, 2.45) is 5.73 Å². The van der Waals surface area contributed by atoms with Crippen LogP contribution in [0.3, 0.4) is 0 Å². The molecule has 3 saturated heterocycles. The highest BCUT2D eigenvalue weighted by molar-refractivity contribution is 8.00. The number of aliphatic hydroxyl groups is 1. The molecule has 9 N–H and O–H groups in total. The molecule has 0 saturated carbocycles. The molecule has 45 heavy (non-hydrogen) atoms. The number of aliphatic hydroxyl groups excluding tert-OH is 1. The van der Waals surface area contributed by atoms with Gasteiger partial charge in [-0.05, 0) is 32.5 Å². The number of unbranched alkanes of at least 4 members (excludes halogenated alkanes) is 1. The van der Waals surface area contributed by atoms with E-state index in [0.717, 1.165) is 18.6 Å². The van der Waals surface area contributed by atoms with Gasteiger partial charge in [-0.15, -0.1) is 0 Å². The van der Waals surface area contributed by atoms with Gasteiger partial charge in [-0.25, -0.2) is 24.5 Å². The summed E-state index contributed by atoms with van der Waals surface area (Å²) in [6.07, 6.45) is 1.67. The first-order valence-electron chi connectivity index (χ1n) is 15.2. The molecule has 5 rings (SSSR count). The molecule has 0 aromatic carbocycles. The third-order valence-electron chi connectivity index (χ3n) is 8.22. The Morgan fingerprint density at radius 2 is 1.93 bits per heavy atom. The van der Waals surface area contributed by atoms with Gasteiger partial charge in [0.2, 0.25) is 5.91 Å². The summed E-state index contributed by atoms with van der Waals surface area (Å²) >= 11 is 1.78. The standard InChI is InChI=1S/C20H30N10O6S2.C6H15N/c21-13-16(32)10(36-19(13)30-8-25-15-17(22)23-7-24-18(15)30)5-26-38(34,35)29-12(31)4-2-1-3-11-14-9(6-37-11)27-20(33)28-14;1-4-7(5-2)6-3/h7-11,13-14,16,19,26,32H,1-6,21H2,(H,29,31)(H2,22,23,24)(H2,27,28,33);4-6H2,1-3H3/t9-,10+,11-,13+,14-,16+,19+;/m0./s1. The van der Waals surface area contributed by atoms with E-state index in [2.05, 4.69) is 56.0 Å². The summed E-state index contributed by atoms with van der Waals surface area (Å²) < 4.78 is 36.3. The fraction of sp³-hybridized carbons (Fsp3) is 0.731. The van der Waals surface area contributed by atoms with Crippen LogP contribution in [0.5, 0.6) is 0 Å². The van der Waals surface area contributed by atoms with Gasteiger partial charge in [0.1, 0.15) is 24.1 Å². The topological polar surface area (TPSA) is 245 Å². The third kappa shape index (κ3) is 8.72. The number of rotatable bonds is 13. The van der Waals surface area contributed by atoms with Crippen LogP contribution in [0.15, 0.2) is 12.7 Å². The van der Waals surface area contributed by atoms with E-state index in [9.17, 15) is 23.1 Å². The number of thioether (sulfide) groups is 1. The van der Waals surface area contributed by atoms with E-state index < -0.39 is 40.6 Å². The zero-order valence-electron chi connectivity index (χ0n) is 25.8. The highest BCUT2D eigenvalue weighted by atomic mass is 32.2. The second-order valence-corrected chi connectivity index (χ2v) is 13.9. The minimum Gasteiger partial charge on any atom is -0.389 e. The highest BCUT2D eigenvalue weighted by Gasteiger charge is 2.44. The number of carbonyl (C=O) groups excluding carboxylic acids is 2. The molecule has 19 heteroatoms. The van der Waals surface area contributed by atoms with E-state index in [4.69, 9.17) is 16.2 Å². The zero-order chi connectivity index (χ0) is 32.7. The number of urea groups is 1. The Balaban J connectivity index is 0.000000591. The first kappa shape index (κ1) is 35.1. The number of fused-ring (bicyclic) bond motifs is 2. The molecule has 3 amide bonds. The molecule has 0 bridgehead atoms. The molecule has 0 aliphatic carbocycles. The Kier molecular flexibility index (Phi) is 12.2. The van der Waals surface area contributed by atoms with Crippen molar-refractivity contribution in [2.75, 3.05) is 37.7 Å². The number of imidazole rings is 1. The third-order valence-corrected chi connectivity index (χ3v) is 10.8. The second-order valence-electron chi connectivity index (χ2n) is 11.1. The first-order valence-corrected chi connectivity index (χ1v) is 17.7. The van der Waals surface area contributed by atoms with Crippen molar-refractivity contribution in [2.45, 2.75) is 88.3 Å². The number of carbonyl (C=O) groups is 2. The number of ether oxygens (including phenoxy) is 1. The SMILES string of the molecule is CCN(CC)CC.Nc1ncnc2c1ncn2[C@@H]1O[C@H](CNS(=O)(=O)NC(=O)CCCC[C@@H]2SC[C@@H]3NC(=O)N[C@@H]32)[C@@H](O)[C@H]1N. The Bertz CT molecular complexity index is 1400. The van der Waals surface area contributed by atoms with E-state index in [0.29, 0.717) is 17.6 Å². The summed E-state index contributed by atoms with van der Waals surface area (Å²) in [6, 6.07) is -0.832. The van der Waals surface area contributed by atoms with Crippen LogP contribution in [0.4, 0.5) is 10.6 Å². The Hall–Kier alpha value is -2.81.